The summed E-state index contributed by atoms with van der Waals surface area (Å²) in [4.78, 5) is 6.69. The number of nitrogens with one attached hydrogen (secondary N) is 1. The maximum atomic E-state index is 9.41. The van der Waals surface area contributed by atoms with Crippen molar-refractivity contribution in [1.82, 2.24) is 10.3 Å². The van der Waals surface area contributed by atoms with Crippen molar-refractivity contribution in [1.29, 1.82) is 5.26 Å². The van der Waals surface area contributed by atoms with E-state index in [9.17, 15) is 5.26 Å². The summed E-state index contributed by atoms with van der Waals surface area (Å²) in [5, 5.41) is 14.0. The van der Waals surface area contributed by atoms with Crippen molar-refractivity contribution in [3.05, 3.63) is 36.0 Å². The first-order valence-electron chi connectivity index (χ1n) is 6.98. The molecule has 1 aliphatic rings. The summed E-state index contributed by atoms with van der Waals surface area (Å²) < 4.78 is 0. The number of piperazine rings is 1. The van der Waals surface area contributed by atoms with Crippen LogP contribution < -0.4 is 10.2 Å². The molecule has 2 heterocycles. The van der Waals surface area contributed by atoms with Gasteiger partial charge in [-0.1, -0.05) is 18.2 Å². The molecule has 4 nitrogen and oxygen atoms in total. The van der Waals surface area contributed by atoms with Crippen molar-refractivity contribution in [3.8, 4) is 6.07 Å². The van der Waals surface area contributed by atoms with Crippen LogP contribution in [0.5, 0.6) is 0 Å². The van der Waals surface area contributed by atoms with Crippen molar-refractivity contribution in [2.75, 3.05) is 18.0 Å². The van der Waals surface area contributed by atoms with Crippen LogP contribution in [0.4, 0.5) is 5.69 Å². The van der Waals surface area contributed by atoms with Gasteiger partial charge in [0.25, 0.3) is 0 Å². The molecule has 1 aromatic heterocycles. The number of nitrogens with zero attached hydrogens (tertiary/aromatic N) is 3. The molecular formula is C16H18N4. The number of nitriles is 1. The Balaban J connectivity index is 2.16. The van der Waals surface area contributed by atoms with E-state index < -0.39 is 0 Å². The van der Waals surface area contributed by atoms with Gasteiger partial charge in [-0.05, 0) is 19.9 Å². The predicted octanol–water partition coefficient (Wildman–Crippen LogP) is 2.29. The number of pyridine rings is 1. The Hall–Kier alpha value is -2.12. The SMILES string of the molecule is CC1CN(c2c(C#N)cnc3ccccc23)CC(C)N1. The molecule has 1 saturated heterocycles. The number of aromatic nitrogens is 1. The van der Waals surface area contributed by atoms with Gasteiger partial charge in [0.15, 0.2) is 0 Å². The van der Waals surface area contributed by atoms with E-state index in [-0.39, 0.29) is 0 Å². The van der Waals surface area contributed by atoms with Crippen molar-refractivity contribution < 1.29 is 0 Å². The highest BCUT2D eigenvalue weighted by Crippen LogP contribution is 2.30. The second-order valence-corrected chi connectivity index (χ2v) is 5.52. The van der Waals surface area contributed by atoms with Crippen LogP contribution in [0.15, 0.2) is 30.5 Å². The molecule has 2 atom stereocenters. The smallest absolute Gasteiger partial charge is 0.103 e. The Kier molecular flexibility index (Phi) is 3.29. The molecule has 102 valence electrons. The monoisotopic (exact) mass is 266 g/mol. The summed E-state index contributed by atoms with van der Waals surface area (Å²) in [6.07, 6.45) is 1.69. The van der Waals surface area contributed by atoms with Crippen molar-refractivity contribution in [2.24, 2.45) is 0 Å². The number of fused-ring (bicyclic) bond motifs is 1. The van der Waals surface area contributed by atoms with Gasteiger partial charge in [0.2, 0.25) is 0 Å². The fourth-order valence-electron chi connectivity index (χ4n) is 3.06. The van der Waals surface area contributed by atoms with Gasteiger partial charge in [0.1, 0.15) is 6.07 Å². The van der Waals surface area contributed by atoms with Gasteiger partial charge in [0, 0.05) is 36.8 Å². The zero-order chi connectivity index (χ0) is 14.1. The van der Waals surface area contributed by atoms with Crippen molar-refractivity contribution in [2.45, 2.75) is 25.9 Å². The lowest BCUT2D eigenvalue weighted by atomic mass is 10.1. The first-order chi connectivity index (χ1) is 9.69. The zero-order valence-corrected chi connectivity index (χ0v) is 11.8. The number of para-hydroxylation sites is 1. The lowest BCUT2D eigenvalue weighted by Crippen LogP contribution is -2.54. The largest absolute Gasteiger partial charge is 0.367 e. The van der Waals surface area contributed by atoms with Crippen LogP contribution in [0.3, 0.4) is 0 Å². The van der Waals surface area contributed by atoms with Crippen molar-refractivity contribution >= 4 is 16.6 Å². The first kappa shape index (κ1) is 12.9. The summed E-state index contributed by atoms with van der Waals surface area (Å²) in [5.41, 5.74) is 2.63. The third kappa shape index (κ3) is 2.21. The van der Waals surface area contributed by atoms with Crippen LogP contribution in [0.25, 0.3) is 10.9 Å². The first-order valence-corrected chi connectivity index (χ1v) is 6.98. The number of anilines is 1. The average molecular weight is 266 g/mol. The molecule has 0 saturated carbocycles. The third-order valence-electron chi connectivity index (χ3n) is 3.74. The lowest BCUT2D eigenvalue weighted by Gasteiger charge is -2.38. The molecule has 4 heteroatoms. The maximum Gasteiger partial charge on any atom is 0.103 e. The second kappa shape index (κ2) is 5.10. The molecule has 1 fully saturated rings. The highest BCUT2D eigenvalue weighted by atomic mass is 15.2. The van der Waals surface area contributed by atoms with E-state index in [2.05, 4.69) is 41.2 Å². The fraction of sp³-hybridized carbons (Fsp3) is 0.375. The van der Waals surface area contributed by atoms with Crippen LogP contribution >= 0.6 is 0 Å². The molecule has 0 bridgehead atoms. The molecule has 1 N–H and O–H groups in total. The summed E-state index contributed by atoms with van der Waals surface area (Å²) >= 11 is 0. The van der Waals surface area contributed by atoms with E-state index in [1.54, 1.807) is 6.20 Å². The quantitative estimate of drug-likeness (QED) is 0.860. The summed E-state index contributed by atoms with van der Waals surface area (Å²) in [6, 6.07) is 11.1. The maximum absolute atomic E-state index is 9.41. The molecule has 0 radical (unpaired) electrons. The third-order valence-corrected chi connectivity index (χ3v) is 3.74. The van der Waals surface area contributed by atoms with Gasteiger partial charge >= 0.3 is 0 Å². The molecule has 2 unspecified atom stereocenters. The molecule has 0 spiro atoms. The Labute approximate surface area is 119 Å². The molecular weight excluding hydrogens is 248 g/mol. The molecule has 1 aliphatic heterocycles. The Morgan fingerprint density at radius 3 is 2.65 bits per heavy atom. The Morgan fingerprint density at radius 1 is 1.25 bits per heavy atom. The van der Waals surface area contributed by atoms with Gasteiger partial charge in [-0.2, -0.15) is 5.26 Å². The minimum absolute atomic E-state index is 0.414. The van der Waals surface area contributed by atoms with Gasteiger partial charge in [-0.15, -0.1) is 0 Å². The fourth-order valence-corrected chi connectivity index (χ4v) is 3.06. The average Bonchev–Trinajstić information content (AvgIpc) is 2.45. The topological polar surface area (TPSA) is 52.0 Å². The Bertz CT molecular complexity index is 664. The van der Waals surface area contributed by atoms with E-state index in [1.807, 2.05) is 18.2 Å². The van der Waals surface area contributed by atoms with Crippen LogP contribution in [0.1, 0.15) is 19.4 Å². The van der Waals surface area contributed by atoms with E-state index >= 15 is 0 Å². The molecule has 0 amide bonds. The number of benzene rings is 1. The van der Waals surface area contributed by atoms with Gasteiger partial charge in [-0.25, -0.2) is 0 Å². The molecule has 3 rings (SSSR count). The van der Waals surface area contributed by atoms with Crippen LogP contribution in [-0.4, -0.2) is 30.2 Å². The molecule has 1 aromatic carbocycles. The predicted molar refractivity (Wildman–Crippen MR) is 80.7 cm³/mol. The zero-order valence-electron chi connectivity index (χ0n) is 11.8. The number of hydrogen-bond donors (Lipinski definition) is 1. The summed E-state index contributed by atoms with van der Waals surface area (Å²) in [5.74, 6) is 0. The standard InChI is InChI=1S/C16H18N4/c1-11-9-20(10-12(2)19-11)16-13(7-17)8-18-15-6-4-3-5-14(15)16/h3-6,8,11-12,19H,9-10H2,1-2H3. The van der Waals surface area contributed by atoms with Gasteiger partial charge < -0.3 is 10.2 Å². The molecule has 2 aromatic rings. The normalized spacial score (nSPS) is 22.8. The van der Waals surface area contributed by atoms with Crippen LogP contribution in [0, 0.1) is 11.3 Å². The summed E-state index contributed by atoms with van der Waals surface area (Å²) in [7, 11) is 0. The van der Waals surface area contributed by atoms with Crippen LogP contribution in [-0.2, 0) is 0 Å². The highest BCUT2D eigenvalue weighted by molar-refractivity contribution is 5.94. The van der Waals surface area contributed by atoms with Crippen molar-refractivity contribution in [3.63, 3.8) is 0 Å². The Morgan fingerprint density at radius 2 is 1.95 bits per heavy atom. The minimum atomic E-state index is 0.414. The van der Waals surface area contributed by atoms with E-state index in [0.29, 0.717) is 17.6 Å². The minimum Gasteiger partial charge on any atom is -0.367 e. The highest BCUT2D eigenvalue weighted by Gasteiger charge is 2.24. The van der Waals surface area contributed by atoms with E-state index in [4.69, 9.17) is 0 Å². The van der Waals surface area contributed by atoms with E-state index in [1.165, 1.54) is 0 Å². The van der Waals surface area contributed by atoms with E-state index in [0.717, 1.165) is 29.7 Å². The van der Waals surface area contributed by atoms with Gasteiger partial charge in [-0.3, -0.25) is 4.98 Å². The second-order valence-electron chi connectivity index (χ2n) is 5.52. The molecule has 0 aliphatic carbocycles. The number of rotatable bonds is 1. The van der Waals surface area contributed by atoms with Gasteiger partial charge in [0.05, 0.1) is 16.8 Å². The lowest BCUT2D eigenvalue weighted by molar-refractivity contribution is 0.407. The van der Waals surface area contributed by atoms with Crippen LogP contribution in [0.2, 0.25) is 0 Å². The number of hydrogen-bond acceptors (Lipinski definition) is 4. The molecule has 20 heavy (non-hydrogen) atoms. The summed E-state index contributed by atoms with van der Waals surface area (Å²) in [6.45, 7) is 6.18.